The van der Waals surface area contributed by atoms with E-state index in [1.54, 1.807) is 12.1 Å². The van der Waals surface area contributed by atoms with Crippen molar-refractivity contribution in [2.45, 2.75) is 13.8 Å². The Balaban J connectivity index is 2.00. The molecule has 2 aromatic carbocycles. The largest absolute Gasteiger partial charge is 0.457 e. The molecule has 0 bridgehead atoms. The molecule has 0 amide bonds. The Morgan fingerprint density at radius 2 is 1.21 bits per heavy atom. The van der Waals surface area contributed by atoms with Crippen LogP contribution in [0.4, 0.5) is 0 Å². The molecule has 0 heterocycles. The summed E-state index contributed by atoms with van der Waals surface area (Å²) >= 11 is 11.8. The van der Waals surface area contributed by atoms with Crippen molar-refractivity contribution in [3.8, 4) is 11.5 Å². The fourth-order valence-electron chi connectivity index (χ4n) is 1.62. The van der Waals surface area contributed by atoms with Gasteiger partial charge in [-0.3, -0.25) is 0 Å². The van der Waals surface area contributed by atoms with Crippen molar-refractivity contribution < 1.29 is 9.47 Å². The number of rotatable bonds is 4. The minimum Gasteiger partial charge on any atom is -0.457 e. The number of aryl methyl sites for hydroxylation is 2. The second kappa shape index (κ2) is 6.18. The van der Waals surface area contributed by atoms with E-state index in [4.69, 9.17) is 32.7 Å². The molecule has 0 atom stereocenters. The predicted octanol–water partition coefficient (Wildman–Crippen LogP) is 5.03. The van der Waals surface area contributed by atoms with Gasteiger partial charge in [-0.2, -0.15) is 0 Å². The molecule has 0 spiro atoms. The lowest BCUT2D eigenvalue weighted by Crippen LogP contribution is -2.07. The smallest absolute Gasteiger partial charge is 0.230 e. The van der Waals surface area contributed by atoms with Gasteiger partial charge in [-0.15, -0.1) is 0 Å². The van der Waals surface area contributed by atoms with E-state index in [-0.39, 0.29) is 6.79 Å². The molecular weight excluding hydrogens is 283 g/mol. The van der Waals surface area contributed by atoms with Gasteiger partial charge in [0.25, 0.3) is 0 Å². The lowest BCUT2D eigenvalue weighted by atomic mass is 10.2. The molecule has 0 fully saturated rings. The summed E-state index contributed by atoms with van der Waals surface area (Å²) in [5.74, 6) is 1.43. The maximum Gasteiger partial charge on any atom is 0.230 e. The van der Waals surface area contributed by atoms with Crippen LogP contribution in [-0.4, -0.2) is 6.79 Å². The first-order chi connectivity index (χ1) is 9.06. The van der Waals surface area contributed by atoms with Crippen LogP contribution < -0.4 is 9.47 Å². The van der Waals surface area contributed by atoms with E-state index in [9.17, 15) is 0 Å². The summed E-state index contributed by atoms with van der Waals surface area (Å²) in [5, 5.41) is 1.28. The zero-order valence-electron chi connectivity index (χ0n) is 10.7. The second-order valence-corrected chi connectivity index (χ2v) is 5.10. The van der Waals surface area contributed by atoms with Gasteiger partial charge in [0.2, 0.25) is 6.79 Å². The molecule has 0 N–H and O–H groups in total. The Morgan fingerprint density at radius 3 is 1.63 bits per heavy atom. The molecule has 2 rings (SSSR count). The highest BCUT2D eigenvalue weighted by Crippen LogP contribution is 2.25. The van der Waals surface area contributed by atoms with Gasteiger partial charge in [0, 0.05) is 10.0 Å². The molecule has 100 valence electrons. The van der Waals surface area contributed by atoms with E-state index in [1.165, 1.54) is 0 Å². The van der Waals surface area contributed by atoms with Gasteiger partial charge in [0.15, 0.2) is 0 Å². The SMILES string of the molecule is Cc1ccc(Cl)cc1OCOc1cc(Cl)ccc1C. The average Bonchev–Trinajstić information content (AvgIpc) is 2.38. The Bertz CT molecular complexity index is 531. The Hall–Kier alpha value is -1.38. The van der Waals surface area contributed by atoms with Crippen LogP contribution in [-0.2, 0) is 0 Å². The zero-order chi connectivity index (χ0) is 13.8. The maximum atomic E-state index is 5.92. The first-order valence-electron chi connectivity index (χ1n) is 5.84. The highest BCUT2D eigenvalue weighted by molar-refractivity contribution is 6.31. The maximum absolute atomic E-state index is 5.92. The monoisotopic (exact) mass is 296 g/mol. The molecule has 19 heavy (non-hydrogen) atoms. The van der Waals surface area contributed by atoms with Crippen LogP contribution in [0.5, 0.6) is 11.5 Å². The molecule has 0 aliphatic rings. The summed E-state index contributed by atoms with van der Waals surface area (Å²) < 4.78 is 11.1. The van der Waals surface area contributed by atoms with Crippen LogP contribution in [0.25, 0.3) is 0 Å². The van der Waals surface area contributed by atoms with Gasteiger partial charge >= 0.3 is 0 Å². The Morgan fingerprint density at radius 1 is 0.789 bits per heavy atom. The normalized spacial score (nSPS) is 10.3. The molecule has 2 aromatic rings. The van der Waals surface area contributed by atoms with E-state index in [2.05, 4.69) is 0 Å². The summed E-state index contributed by atoms with van der Waals surface area (Å²) in [6.07, 6.45) is 0. The number of benzene rings is 2. The topological polar surface area (TPSA) is 18.5 Å². The van der Waals surface area contributed by atoms with Crippen LogP contribution in [0.2, 0.25) is 10.0 Å². The molecular formula is C15H14Cl2O2. The van der Waals surface area contributed by atoms with Gasteiger partial charge in [-0.1, -0.05) is 35.3 Å². The highest BCUT2D eigenvalue weighted by Gasteiger charge is 2.03. The van der Waals surface area contributed by atoms with Crippen molar-refractivity contribution >= 4 is 23.2 Å². The van der Waals surface area contributed by atoms with E-state index < -0.39 is 0 Å². The summed E-state index contributed by atoms with van der Waals surface area (Å²) in [4.78, 5) is 0. The van der Waals surface area contributed by atoms with Gasteiger partial charge in [-0.25, -0.2) is 0 Å². The predicted molar refractivity (Wildman–Crippen MR) is 78.5 cm³/mol. The minimum absolute atomic E-state index is 0.113. The molecule has 0 unspecified atom stereocenters. The fraction of sp³-hybridized carbons (Fsp3) is 0.200. The van der Waals surface area contributed by atoms with Crippen LogP contribution in [0.1, 0.15) is 11.1 Å². The summed E-state index contributed by atoms with van der Waals surface area (Å²) in [7, 11) is 0. The first-order valence-corrected chi connectivity index (χ1v) is 6.60. The number of hydrogen-bond donors (Lipinski definition) is 0. The first kappa shape index (κ1) is 14.0. The molecule has 0 radical (unpaired) electrons. The van der Waals surface area contributed by atoms with Gasteiger partial charge in [0.1, 0.15) is 11.5 Å². The van der Waals surface area contributed by atoms with Crippen molar-refractivity contribution in [2.24, 2.45) is 0 Å². The molecule has 0 saturated carbocycles. The lowest BCUT2D eigenvalue weighted by Gasteiger charge is -2.12. The quantitative estimate of drug-likeness (QED) is 0.737. The Kier molecular flexibility index (Phi) is 4.56. The zero-order valence-corrected chi connectivity index (χ0v) is 12.3. The van der Waals surface area contributed by atoms with E-state index >= 15 is 0 Å². The highest BCUT2D eigenvalue weighted by atomic mass is 35.5. The summed E-state index contributed by atoms with van der Waals surface area (Å²) in [6, 6.07) is 11.0. The molecule has 4 heteroatoms. The van der Waals surface area contributed by atoms with Crippen LogP contribution in [0, 0.1) is 13.8 Å². The number of hydrogen-bond acceptors (Lipinski definition) is 2. The van der Waals surface area contributed by atoms with Crippen molar-refractivity contribution in [3.63, 3.8) is 0 Å². The molecule has 0 aliphatic heterocycles. The van der Waals surface area contributed by atoms with Gasteiger partial charge in [0.05, 0.1) is 0 Å². The lowest BCUT2D eigenvalue weighted by molar-refractivity contribution is 0.118. The summed E-state index contributed by atoms with van der Waals surface area (Å²) in [5.41, 5.74) is 2.02. The minimum atomic E-state index is 0.113. The van der Waals surface area contributed by atoms with Crippen molar-refractivity contribution in [2.75, 3.05) is 6.79 Å². The van der Waals surface area contributed by atoms with Crippen molar-refractivity contribution in [1.29, 1.82) is 0 Å². The van der Waals surface area contributed by atoms with Crippen LogP contribution in [0.15, 0.2) is 36.4 Å². The molecule has 0 aliphatic carbocycles. The van der Waals surface area contributed by atoms with E-state index in [0.717, 1.165) is 11.1 Å². The molecule has 2 nitrogen and oxygen atoms in total. The van der Waals surface area contributed by atoms with Gasteiger partial charge in [-0.05, 0) is 49.2 Å². The number of ether oxygens (including phenoxy) is 2. The third-order valence-electron chi connectivity index (χ3n) is 2.73. The van der Waals surface area contributed by atoms with Gasteiger partial charge < -0.3 is 9.47 Å². The average molecular weight is 297 g/mol. The summed E-state index contributed by atoms with van der Waals surface area (Å²) in [6.45, 7) is 4.02. The Labute approximate surface area is 122 Å². The van der Waals surface area contributed by atoms with E-state index in [0.29, 0.717) is 21.5 Å². The third-order valence-corrected chi connectivity index (χ3v) is 3.20. The van der Waals surface area contributed by atoms with Crippen LogP contribution >= 0.6 is 23.2 Å². The standard InChI is InChI=1S/C15H14Cl2O2/c1-10-3-5-12(16)7-14(10)18-9-19-15-8-13(17)6-4-11(15)2/h3-8H,9H2,1-2H3. The third kappa shape index (κ3) is 3.79. The van der Waals surface area contributed by atoms with E-state index in [1.807, 2.05) is 38.1 Å². The second-order valence-electron chi connectivity index (χ2n) is 4.23. The molecule has 0 saturated heterocycles. The molecule has 0 aromatic heterocycles. The number of halogens is 2. The van der Waals surface area contributed by atoms with Crippen molar-refractivity contribution in [3.05, 3.63) is 57.6 Å². The fourth-order valence-corrected chi connectivity index (χ4v) is 1.94. The van der Waals surface area contributed by atoms with Crippen LogP contribution in [0.3, 0.4) is 0 Å². The van der Waals surface area contributed by atoms with Crippen molar-refractivity contribution in [1.82, 2.24) is 0 Å².